The van der Waals surface area contributed by atoms with Crippen LogP contribution in [-0.4, -0.2) is 42.4 Å². The summed E-state index contributed by atoms with van der Waals surface area (Å²) in [6, 6.07) is 16.2. The molecule has 1 aliphatic rings. The molecule has 0 aliphatic carbocycles. The molecular weight excluding hydrogens is 420 g/mol. The fourth-order valence-electron chi connectivity index (χ4n) is 3.88. The van der Waals surface area contributed by atoms with Crippen molar-refractivity contribution in [1.82, 2.24) is 10.2 Å². The van der Waals surface area contributed by atoms with Crippen LogP contribution in [0, 0.1) is 6.92 Å². The summed E-state index contributed by atoms with van der Waals surface area (Å²) in [6.07, 6.45) is 3.98. The van der Waals surface area contributed by atoms with Crippen molar-refractivity contribution in [2.75, 3.05) is 36.5 Å². The number of hydrogen-bond acceptors (Lipinski definition) is 5. The van der Waals surface area contributed by atoms with Crippen LogP contribution in [-0.2, 0) is 4.74 Å². The zero-order valence-corrected chi connectivity index (χ0v) is 18.6. The molecular formula is C25H24N4O2S. The molecule has 3 heterocycles. The first kappa shape index (κ1) is 20.5. The lowest BCUT2D eigenvalue weighted by atomic mass is 10.1. The number of aryl methyl sites for hydroxylation is 1. The first-order chi connectivity index (χ1) is 15.7. The van der Waals surface area contributed by atoms with Gasteiger partial charge in [0.2, 0.25) is 0 Å². The SMILES string of the molecule is Cc1ccsc1C(=O)Nc1cc(N2CCOCC2)ccc1C=Cc1n[nH]c2ccccc12. The molecule has 1 amide bonds. The summed E-state index contributed by atoms with van der Waals surface area (Å²) in [5, 5.41) is 13.6. The van der Waals surface area contributed by atoms with E-state index >= 15 is 0 Å². The summed E-state index contributed by atoms with van der Waals surface area (Å²) < 4.78 is 5.49. The van der Waals surface area contributed by atoms with Crippen LogP contribution in [0.2, 0.25) is 0 Å². The summed E-state index contributed by atoms with van der Waals surface area (Å²) in [5.41, 5.74) is 5.63. The van der Waals surface area contributed by atoms with Crippen LogP contribution in [0.1, 0.15) is 26.5 Å². The van der Waals surface area contributed by atoms with Gasteiger partial charge in [0, 0.05) is 24.2 Å². The number of anilines is 2. The zero-order valence-electron chi connectivity index (χ0n) is 17.8. The Hall–Kier alpha value is -3.42. The largest absolute Gasteiger partial charge is 0.378 e. The summed E-state index contributed by atoms with van der Waals surface area (Å²) in [4.78, 5) is 16.0. The molecule has 0 unspecified atom stereocenters. The second-order valence-electron chi connectivity index (χ2n) is 7.75. The maximum Gasteiger partial charge on any atom is 0.266 e. The Kier molecular flexibility index (Phi) is 5.75. The molecule has 0 radical (unpaired) electrons. The molecule has 0 bridgehead atoms. The van der Waals surface area contributed by atoms with Crippen molar-refractivity contribution in [2.24, 2.45) is 0 Å². The number of aromatic amines is 1. The van der Waals surface area contributed by atoms with Crippen molar-refractivity contribution in [3.8, 4) is 0 Å². The van der Waals surface area contributed by atoms with Crippen molar-refractivity contribution in [3.05, 3.63) is 75.6 Å². The molecule has 0 atom stereocenters. The first-order valence-electron chi connectivity index (χ1n) is 10.6. The number of carbonyl (C=O) groups excluding carboxylic acids is 1. The first-order valence-corrected chi connectivity index (χ1v) is 11.5. The van der Waals surface area contributed by atoms with E-state index in [0.717, 1.165) is 57.1 Å². The predicted molar refractivity (Wildman–Crippen MR) is 132 cm³/mol. The fraction of sp³-hybridized carbons (Fsp3) is 0.200. The van der Waals surface area contributed by atoms with Gasteiger partial charge in [0.15, 0.2) is 0 Å². The molecule has 6 nitrogen and oxygen atoms in total. The van der Waals surface area contributed by atoms with E-state index in [1.54, 1.807) is 0 Å². The average Bonchev–Trinajstić information content (AvgIpc) is 3.45. The number of para-hydroxylation sites is 1. The Balaban J connectivity index is 1.48. The Morgan fingerprint density at radius 3 is 2.81 bits per heavy atom. The maximum atomic E-state index is 13.0. The Morgan fingerprint density at radius 2 is 2.00 bits per heavy atom. The molecule has 7 heteroatoms. The van der Waals surface area contributed by atoms with E-state index in [-0.39, 0.29) is 5.91 Å². The van der Waals surface area contributed by atoms with Gasteiger partial charge in [-0.05, 0) is 53.8 Å². The minimum Gasteiger partial charge on any atom is -0.378 e. The second-order valence-corrected chi connectivity index (χ2v) is 8.66. The van der Waals surface area contributed by atoms with Crippen LogP contribution >= 0.6 is 11.3 Å². The quantitative estimate of drug-likeness (QED) is 0.444. The van der Waals surface area contributed by atoms with Crippen molar-refractivity contribution in [3.63, 3.8) is 0 Å². The number of ether oxygens (including phenoxy) is 1. The molecule has 5 rings (SSSR count). The number of rotatable bonds is 5. The number of thiophene rings is 1. The van der Waals surface area contributed by atoms with E-state index in [1.807, 2.05) is 60.9 Å². The highest BCUT2D eigenvalue weighted by Gasteiger charge is 2.16. The third-order valence-corrected chi connectivity index (χ3v) is 6.67. The summed E-state index contributed by atoms with van der Waals surface area (Å²) in [7, 11) is 0. The number of nitrogens with one attached hydrogen (secondary N) is 2. The fourth-order valence-corrected chi connectivity index (χ4v) is 4.70. The minimum atomic E-state index is -0.0866. The van der Waals surface area contributed by atoms with E-state index in [9.17, 15) is 4.79 Å². The Labute approximate surface area is 190 Å². The lowest BCUT2D eigenvalue weighted by Gasteiger charge is -2.29. The molecule has 2 aromatic heterocycles. The number of H-pyrrole nitrogens is 1. The van der Waals surface area contributed by atoms with Gasteiger partial charge in [-0.1, -0.05) is 30.3 Å². The number of fused-ring (bicyclic) bond motifs is 1. The third kappa shape index (κ3) is 4.17. The lowest BCUT2D eigenvalue weighted by Crippen LogP contribution is -2.36. The van der Waals surface area contributed by atoms with Gasteiger partial charge in [0.1, 0.15) is 0 Å². The van der Waals surface area contributed by atoms with Crippen LogP contribution in [0.3, 0.4) is 0 Å². The monoisotopic (exact) mass is 444 g/mol. The summed E-state index contributed by atoms with van der Waals surface area (Å²) in [5.74, 6) is -0.0866. The third-order valence-electron chi connectivity index (χ3n) is 5.65. The molecule has 162 valence electrons. The summed E-state index contributed by atoms with van der Waals surface area (Å²) in [6.45, 7) is 5.06. The van der Waals surface area contributed by atoms with Crippen LogP contribution in [0.15, 0.2) is 53.9 Å². The molecule has 1 fully saturated rings. The number of nitrogens with zero attached hydrogens (tertiary/aromatic N) is 2. The van der Waals surface area contributed by atoms with Gasteiger partial charge in [-0.2, -0.15) is 5.10 Å². The molecule has 2 N–H and O–H groups in total. The highest BCUT2D eigenvalue weighted by Crippen LogP contribution is 2.28. The van der Waals surface area contributed by atoms with Crippen LogP contribution < -0.4 is 10.2 Å². The van der Waals surface area contributed by atoms with Gasteiger partial charge in [0.05, 0.1) is 35.0 Å². The molecule has 4 aromatic rings. The number of amides is 1. The molecule has 2 aromatic carbocycles. The van der Waals surface area contributed by atoms with Crippen LogP contribution in [0.25, 0.3) is 23.1 Å². The number of aromatic nitrogens is 2. The molecule has 0 saturated carbocycles. The highest BCUT2D eigenvalue weighted by molar-refractivity contribution is 7.12. The maximum absolute atomic E-state index is 13.0. The minimum absolute atomic E-state index is 0.0866. The van der Waals surface area contributed by atoms with Crippen LogP contribution in [0.4, 0.5) is 11.4 Å². The second kappa shape index (κ2) is 8.98. The zero-order chi connectivity index (χ0) is 21.9. The van der Waals surface area contributed by atoms with Crippen LogP contribution in [0.5, 0.6) is 0 Å². The van der Waals surface area contributed by atoms with E-state index in [1.165, 1.54) is 11.3 Å². The topological polar surface area (TPSA) is 70.2 Å². The van der Waals surface area contributed by atoms with Gasteiger partial charge in [-0.3, -0.25) is 9.89 Å². The standard InChI is InChI=1S/C25H24N4O2S/c1-17-10-15-32-24(17)25(30)26-23-16-19(29-11-13-31-14-12-29)8-6-18(23)7-9-22-20-4-2-3-5-21(20)27-28-22/h2-10,15-16H,11-14H2,1H3,(H,26,30)(H,27,28). The van der Waals surface area contributed by atoms with Gasteiger partial charge in [-0.15, -0.1) is 11.3 Å². The summed E-state index contributed by atoms with van der Waals surface area (Å²) >= 11 is 1.46. The molecule has 0 spiro atoms. The van der Waals surface area contributed by atoms with Gasteiger partial charge in [0.25, 0.3) is 5.91 Å². The van der Waals surface area contributed by atoms with Crippen molar-refractivity contribution < 1.29 is 9.53 Å². The van der Waals surface area contributed by atoms with Crippen molar-refractivity contribution >= 4 is 51.7 Å². The van der Waals surface area contributed by atoms with E-state index in [0.29, 0.717) is 13.2 Å². The predicted octanol–water partition coefficient (Wildman–Crippen LogP) is 5.19. The van der Waals surface area contributed by atoms with Crippen molar-refractivity contribution in [2.45, 2.75) is 6.92 Å². The van der Waals surface area contributed by atoms with Gasteiger partial charge in [-0.25, -0.2) is 0 Å². The van der Waals surface area contributed by atoms with E-state index in [2.05, 4.69) is 32.5 Å². The number of morpholine rings is 1. The van der Waals surface area contributed by atoms with Gasteiger partial charge >= 0.3 is 0 Å². The van der Waals surface area contributed by atoms with E-state index in [4.69, 9.17) is 4.74 Å². The van der Waals surface area contributed by atoms with E-state index < -0.39 is 0 Å². The number of hydrogen-bond donors (Lipinski definition) is 2. The number of benzene rings is 2. The lowest BCUT2D eigenvalue weighted by molar-refractivity contribution is 0.103. The Morgan fingerprint density at radius 1 is 1.16 bits per heavy atom. The normalized spacial score (nSPS) is 14.3. The Bertz CT molecular complexity index is 1280. The van der Waals surface area contributed by atoms with Crippen molar-refractivity contribution in [1.29, 1.82) is 0 Å². The number of carbonyl (C=O) groups is 1. The average molecular weight is 445 g/mol. The highest BCUT2D eigenvalue weighted by atomic mass is 32.1. The van der Waals surface area contributed by atoms with Gasteiger partial charge < -0.3 is 15.0 Å². The molecule has 32 heavy (non-hydrogen) atoms. The smallest absolute Gasteiger partial charge is 0.266 e. The molecule has 1 saturated heterocycles. The molecule has 1 aliphatic heterocycles.